The summed E-state index contributed by atoms with van der Waals surface area (Å²) in [6, 6.07) is 15.8. The highest BCUT2D eigenvalue weighted by molar-refractivity contribution is 5.83. The molecule has 0 spiro atoms. The minimum atomic E-state index is -0.194. The molecule has 1 aromatic carbocycles. The molecular formula is C25H29N5O2. The van der Waals surface area contributed by atoms with Gasteiger partial charge in [0.15, 0.2) is 0 Å². The van der Waals surface area contributed by atoms with Crippen LogP contribution in [0.5, 0.6) is 0 Å². The third kappa shape index (κ3) is 4.88. The first-order valence-electron chi connectivity index (χ1n) is 11.0. The maximum Gasteiger partial charge on any atom is 0.227 e. The van der Waals surface area contributed by atoms with E-state index < -0.39 is 0 Å². The van der Waals surface area contributed by atoms with Crippen LogP contribution in [0.4, 0.5) is 0 Å². The number of hydrogen-bond donors (Lipinski definition) is 0. The molecule has 3 heterocycles. The molecular weight excluding hydrogens is 402 g/mol. The number of benzene rings is 1. The van der Waals surface area contributed by atoms with Gasteiger partial charge in [0.1, 0.15) is 0 Å². The molecule has 3 aromatic rings. The zero-order valence-electron chi connectivity index (χ0n) is 18.9. The van der Waals surface area contributed by atoms with Gasteiger partial charge < -0.3 is 9.80 Å². The number of nitrogens with zero attached hydrogens (tertiary/aromatic N) is 5. The van der Waals surface area contributed by atoms with Crippen LogP contribution < -0.4 is 0 Å². The van der Waals surface area contributed by atoms with Gasteiger partial charge in [0.2, 0.25) is 11.8 Å². The lowest BCUT2D eigenvalue weighted by Gasteiger charge is -2.33. The Morgan fingerprint density at radius 1 is 1.16 bits per heavy atom. The number of piperidine rings is 1. The Kier molecular flexibility index (Phi) is 6.35. The Hall–Kier alpha value is -3.48. The number of likely N-dealkylation sites (tertiary alicyclic amines) is 1. The summed E-state index contributed by atoms with van der Waals surface area (Å²) in [5.41, 5.74) is 4.91. The zero-order chi connectivity index (χ0) is 22.7. The lowest BCUT2D eigenvalue weighted by atomic mass is 9.95. The Morgan fingerprint density at radius 2 is 2.00 bits per heavy atom. The molecule has 4 rings (SSSR count). The maximum absolute atomic E-state index is 13.2. The van der Waals surface area contributed by atoms with E-state index in [1.165, 1.54) is 0 Å². The van der Waals surface area contributed by atoms with Crippen molar-refractivity contribution in [3.8, 4) is 5.69 Å². The van der Waals surface area contributed by atoms with Crippen molar-refractivity contribution in [2.45, 2.75) is 39.8 Å². The summed E-state index contributed by atoms with van der Waals surface area (Å²) in [6.45, 7) is 5.40. The summed E-state index contributed by atoms with van der Waals surface area (Å²) in [4.78, 5) is 33.4. The standard InChI is InChI=1S/C25H29N5O2/c1-18-13-19(2)30(27-18)23-9-6-7-20(14-23)15-28(3)25(32)21-10-11-24(31)29(16-21)17-22-8-4-5-12-26-22/h4-9,12-14,21H,10-11,15-17H2,1-3H3/t21-/m0/s1. The molecule has 2 aromatic heterocycles. The third-order valence-electron chi connectivity index (χ3n) is 5.89. The Bertz CT molecular complexity index is 1110. The van der Waals surface area contributed by atoms with Crippen molar-refractivity contribution in [3.63, 3.8) is 0 Å². The molecule has 0 unspecified atom stereocenters. The van der Waals surface area contributed by atoms with Crippen molar-refractivity contribution in [1.82, 2.24) is 24.6 Å². The second-order valence-electron chi connectivity index (χ2n) is 8.53. The van der Waals surface area contributed by atoms with Crippen LogP contribution in [0.1, 0.15) is 35.5 Å². The molecule has 1 atom stereocenters. The first-order chi connectivity index (χ1) is 15.4. The van der Waals surface area contributed by atoms with Crippen molar-refractivity contribution >= 4 is 11.8 Å². The fourth-order valence-corrected chi connectivity index (χ4v) is 4.30. The molecule has 7 heteroatoms. The van der Waals surface area contributed by atoms with E-state index in [1.807, 2.05) is 68.0 Å². The van der Waals surface area contributed by atoms with Gasteiger partial charge in [-0.05, 0) is 56.2 Å². The van der Waals surface area contributed by atoms with E-state index in [-0.39, 0.29) is 17.7 Å². The topological polar surface area (TPSA) is 71.3 Å². The molecule has 166 valence electrons. The van der Waals surface area contributed by atoms with Crippen LogP contribution in [0.3, 0.4) is 0 Å². The van der Waals surface area contributed by atoms with Gasteiger partial charge in [-0.2, -0.15) is 5.10 Å². The van der Waals surface area contributed by atoms with Gasteiger partial charge in [0, 0.05) is 38.4 Å². The van der Waals surface area contributed by atoms with Crippen LogP contribution in [0.25, 0.3) is 5.69 Å². The summed E-state index contributed by atoms with van der Waals surface area (Å²) in [5.74, 6) is -0.0411. The van der Waals surface area contributed by atoms with Crippen molar-refractivity contribution in [2.24, 2.45) is 5.92 Å². The molecule has 7 nitrogen and oxygen atoms in total. The van der Waals surface area contributed by atoms with E-state index in [4.69, 9.17) is 0 Å². The Morgan fingerprint density at radius 3 is 2.72 bits per heavy atom. The average Bonchev–Trinajstić information content (AvgIpc) is 3.13. The molecule has 2 amide bonds. The van der Waals surface area contributed by atoms with E-state index in [0.29, 0.717) is 32.5 Å². The van der Waals surface area contributed by atoms with Crippen LogP contribution >= 0.6 is 0 Å². The fourth-order valence-electron chi connectivity index (χ4n) is 4.30. The minimum Gasteiger partial charge on any atom is -0.341 e. The third-order valence-corrected chi connectivity index (χ3v) is 5.89. The predicted molar refractivity (Wildman–Crippen MR) is 122 cm³/mol. The van der Waals surface area contributed by atoms with Gasteiger partial charge in [-0.3, -0.25) is 14.6 Å². The summed E-state index contributed by atoms with van der Waals surface area (Å²) >= 11 is 0. The number of hydrogen-bond acceptors (Lipinski definition) is 4. The highest BCUT2D eigenvalue weighted by Gasteiger charge is 2.32. The lowest BCUT2D eigenvalue weighted by Crippen LogP contribution is -2.45. The maximum atomic E-state index is 13.2. The fraction of sp³-hybridized carbons (Fsp3) is 0.360. The molecule has 0 N–H and O–H groups in total. The minimum absolute atomic E-state index is 0.0695. The first kappa shape index (κ1) is 21.7. The molecule has 1 aliphatic heterocycles. The average molecular weight is 432 g/mol. The van der Waals surface area contributed by atoms with Crippen LogP contribution in [-0.2, 0) is 22.7 Å². The van der Waals surface area contributed by atoms with Gasteiger partial charge in [-0.1, -0.05) is 18.2 Å². The van der Waals surface area contributed by atoms with E-state index in [1.54, 1.807) is 16.0 Å². The molecule has 0 saturated carbocycles. The van der Waals surface area contributed by atoms with Crippen molar-refractivity contribution < 1.29 is 9.59 Å². The number of aromatic nitrogens is 3. The Labute approximate surface area is 188 Å². The lowest BCUT2D eigenvalue weighted by molar-refractivity contribution is -0.143. The normalized spacial score (nSPS) is 16.3. The molecule has 1 fully saturated rings. The van der Waals surface area contributed by atoms with Crippen molar-refractivity contribution in [3.05, 3.63) is 77.4 Å². The van der Waals surface area contributed by atoms with Crippen LogP contribution in [-0.4, -0.2) is 50.0 Å². The second kappa shape index (κ2) is 9.34. The largest absolute Gasteiger partial charge is 0.341 e. The predicted octanol–water partition coefficient (Wildman–Crippen LogP) is 3.28. The number of amides is 2. The van der Waals surface area contributed by atoms with Crippen LogP contribution in [0, 0.1) is 19.8 Å². The first-order valence-corrected chi connectivity index (χ1v) is 11.0. The highest BCUT2D eigenvalue weighted by Crippen LogP contribution is 2.22. The molecule has 0 radical (unpaired) electrons. The van der Waals surface area contributed by atoms with Gasteiger partial charge in [0.25, 0.3) is 0 Å². The summed E-state index contributed by atoms with van der Waals surface area (Å²) in [5, 5.41) is 4.55. The summed E-state index contributed by atoms with van der Waals surface area (Å²) in [7, 11) is 1.83. The smallest absolute Gasteiger partial charge is 0.227 e. The van der Waals surface area contributed by atoms with Crippen molar-refractivity contribution in [2.75, 3.05) is 13.6 Å². The number of pyridine rings is 1. The summed E-state index contributed by atoms with van der Waals surface area (Å²) in [6.07, 6.45) is 2.71. The van der Waals surface area contributed by atoms with Gasteiger partial charge in [-0.15, -0.1) is 0 Å². The zero-order valence-corrected chi connectivity index (χ0v) is 18.9. The molecule has 0 aliphatic carbocycles. The van der Waals surface area contributed by atoms with Crippen LogP contribution in [0.2, 0.25) is 0 Å². The van der Waals surface area contributed by atoms with Gasteiger partial charge in [0.05, 0.1) is 29.5 Å². The highest BCUT2D eigenvalue weighted by atomic mass is 16.2. The quantitative estimate of drug-likeness (QED) is 0.601. The molecule has 1 saturated heterocycles. The second-order valence-corrected chi connectivity index (χ2v) is 8.53. The number of carbonyl (C=O) groups is 2. The summed E-state index contributed by atoms with van der Waals surface area (Å²) < 4.78 is 1.92. The SMILES string of the molecule is Cc1cc(C)n(-c2cccc(CN(C)C(=O)[C@H]3CCC(=O)N(Cc4ccccn4)C3)c2)n1. The van der Waals surface area contributed by atoms with E-state index in [9.17, 15) is 9.59 Å². The Balaban J connectivity index is 1.42. The van der Waals surface area contributed by atoms with Gasteiger partial charge >= 0.3 is 0 Å². The molecule has 1 aliphatic rings. The molecule has 0 bridgehead atoms. The number of rotatable bonds is 6. The molecule has 32 heavy (non-hydrogen) atoms. The number of aryl methyl sites for hydroxylation is 2. The monoisotopic (exact) mass is 431 g/mol. The number of carbonyl (C=O) groups excluding carboxylic acids is 2. The van der Waals surface area contributed by atoms with E-state index in [0.717, 1.165) is 28.3 Å². The van der Waals surface area contributed by atoms with E-state index in [2.05, 4.69) is 16.1 Å². The van der Waals surface area contributed by atoms with Crippen molar-refractivity contribution in [1.29, 1.82) is 0 Å². The van der Waals surface area contributed by atoms with E-state index >= 15 is 0 Å². The van der Waals surface area contributed by atoms with Crippen LogP contribution in [0.15, 0.2) is 54.7 Å². The van der Waals surface area contributed by atoms with Gasteiger partial charge in [-0.25, -0.2) is 4.68 Å².